The van der Waals surface area contributed by atoms with Crippen LogP contribution in [0.5, 0.6) is 0 Å². The maximum absolute atomic E-state index is 12.4. The van der Waals surface area contributed by atoms with E-state index in [0.29, 0.717) is 40.7 Å². The van der Waals surface area contributed by atoms with Crippen molar-refractivity contribution in [3.05, 3.63) is 41.3 Å². The summed E-state index contributed by atoms with van der Waals surface area (Å²) in [7, 11) is 0. The zero-order valence-corrected chi connectivity index (χ0v) is 15.5. The van der Waals surface area contributed by atoms with Crippen molar-refractivity contribution in [3.8, 4) is 0 Å². The number of esters is 1. The highest BCUT2D eigenvalue weighted by atomic mass is 16.5. The molecule has 3 rings (SSSR count). The largest absolute Gasteiger partial charge is 0.469 e. The molecule has 0 amide bonds. The molecule has 0 fully saturated rings. The molecule has 0 saturated heterocycles. The van der Waals surface area contributed by atoms with E-state index in [1.54, 1.807) is 27.0 Å². The summed E-state index contributed by atoms with van der Waals surface area (Å²) in [4.78, 5) is 21.2. The molecule has 0 aliphatic rings. The van der Waals surface area contributed by atoms with E-state index in [1.807, 2.05) is 12.1 Å². The number of hydrogen-bond acceptors (Lipinski definition) is 7. The van der Waals surface area contributed by atoms with Crippen LogP contribution in [0.4, 0.5) is 5.82 Å². The Hall–Kier alpha value is -2.83. The lowest BCUT2D eigenvalue weighted by Gasteiger charge is -2.15. The molecule has 138 valence electrons. The predicted octanol–water partition coefficient (Wildman–Crippen LogP) is 4.04. The summed E-state index contributed by atoms with van der Waals surface area (Å²) in [5.41, 5.74) is 0.765. The normalized spacial score (nSPS) is 12.3. The van der Waals surface area contributed by atoms with E-state index in [2.05, 4.69) is 22.2 Å². The van der Waals surface area contributed by atoms with Gasteiger partial charge in [0, 0.05) is 12.5 Å². The van der Waals surface area contributed by atoms with Gasteiger partial charge in [-0.05, 0) is 46.2 Å². The fraction of sp³-hybridized carbons (Fsp3) is 0.421. The van der Waals surface area contributed by atoms with Crippen LogP contribution in [-0.2, 0) is 11.2 Å². The number of furan rings is 2. The molecule has 26 heavy (non-hydrogen) atoms. The molecule has 0 spiro atoms. The van der Waals surface area contributed by atoms with Gasteiger partial charge in [-0.25, -0.2) is 9.78 Å². The van der Waals surface area contributed by atoms with Crippen molar-refractivity contribution >= 4 is 22.9 Å². The molecule has 0 aromatic carbocycles. The molecular formula is C19H23N3O4. The summed E-state index contributed by atoms with van der Waals surface area (Å²) in [6.07, 6.45) is 3.33. The number of fused-ring (bicyclic) bond motifs is 1. The Morgan fingerprint density at radius 2 is 2.15 bits per heavy atom. The Morgan fingerprint density at radius 3 is 2.85 bits per heavy atom. The average Bonchev–Trinajstić information content (AvgIpc) is 3.20. The third-order valence-corrected chi connectivity index (χ3v) is 4.11. The van der Waals surface area contributed by atoms with E-state index in [0.717, 1.165) is 18.6 Å². The Morgan fingerprint density at radius 1 is 1.35 bits per heavy atom. The highest BCUT2D eigenvalue weighted by Crippen LogP contribution is 2.31. The number of hydrogen-bond donors (Lipinski definition) is 1. The van der Waals surface area contributed by atoms with Gasteiger partial charge in [-0.1, -0.05) is 0 Å². The maximum Gasteiger partial charge on any atom is 0.342 e. The van der Waals surface area contributed by atoms with Crippen LogP contribution in [0.3, 0.4) is 0 Å². The highest BCUT2D eigenvalue weighted by molar-refractivity contribution is 6.07. The number of carbonyl (C=O) groups excluding carboxylic acids is 1. The van der Waals surface area contributed by atoms with Gasteiger partial charge in [0.25, 0.3) is 0 Å². The number of aromatic nitrogens is 2. The first-order valence-electron chi connectivity index (χ1n) is 8.73. The number of nitrogens with zero attached hydrogens (tertiary/aromatic N) is 2. The minimum absolute atomic E-state index is 0.114. The minimum atomic E-state index is -0.428. The summed E-state index contributed by atoms with van der Waals surface area (Å²) in [6, 6.07) is 3.95. The standard InChI is InChI=1S/C19H23N3O4/c1-5-24-19(23)15-12(3)26-18-16(15)17(21-13(4)22-18)20-11(2)8-9-14-7-6-10-25-14/h6-7,10-11H,5,8-9H2,1-4H3,(H,20,21,22)/t11-/m1/s1. The Balaban J connectivity index is 1.89. The molecule has 0 saturated carbocycles. The third-order valence-electron chi connectivity index (χ3n) is 4.11. The van der Waals surface area contributed by atoms with Crippen LogP contribution < -0.4 is 5.32 Å². The van der Waals surface area contributed by atoms with Crippen LogP contribution >= 0.6 is 0 Å². The average molecular weight is 357 g/mol. The molecule has 0 aliphatic heterocycles. The second-order valence-corrected chi connectivity index (χ2v) is 6.22. The fourth-order valence-electron chi connectivity index (χ4n) is 2.89. The van der Waals surface area contributed by atoms with Gasteiger partial charge in [-0.3, -0.25) is 0 Å². The third kappa shape index (κ3) is 3.71. The number of ether oxygens (including phenoxy) is 1. The van der Waals surface area contributed by atoms with Gasteiger partial charge in [0.1, 0.15) is 28.7 Å². The van der Waals surface area contributed by atoms with Gasteiger partial charge in [0.2, 0.25) is 5.71 Å². The number of nitrogens with one attached hydrogen (secondary N) is 1. The molecule has 3 heterocycles. The zero-order valence-electron chi connectivity index (χ0n) is 15.5. The van der Waals surface area contributed by atoms with E-state index in [-0.39, 0.29) is 6.04 Å². The molecule has 7 heteroatoms. The first kappa shape index (κ1) is 18.0. The topological polar surface area (TPSA) is 90.4 Å². The Labute approximate surface area is 151 Å². The van der Waals surface area contributed by atoms with Crippen LogP contribution in [0, 0.1) is 13.8 Å². The summed E-state index contributed by atoms with van der Waals surface area (Å²) in [5.74, 6) is 2.14. The molecular weight excluding hydrogens is 334 g/mol. The van der Waals surface area contributed by atoms with Crippen molar-refractivity contribution < 1.29 is 18.4 Å². The van der Waals surface area contributed by atoms with Crippen LogP contribution in [0.25, 0.3) is 11.1 Å². The zero-order chi connectivity index (χ0) is 18.7. The van der Waals surface area contributed by atoms with Gasteiger partial charge in [-0.2, -0.15) is 4.98 Å². The van der Waals surface area contributed by atoms with Crippen LogP contribution in [0.2, 0.25) is 0 Å². The molecule has 7 nitrogen and oxygen atoms in total. The summed E-state index contributed by atoms with van der Waals surface area (Å²) >= 11 is 0. The molecule has 0 bridgehead atoms. The van der Waals surface area contributed by atoms with Crippen LogP contribution in [0.1, 0.15) is 48.0 Å². The number of aryl methyl sites for hydroxylation is 3. The van der Waals surface area contributed by atoms with Gasteiger partial charge in [0.05, 0.1) is 18.3 Å². The molecule has 0 unspecified atom stereocenters. The van der Waals surface area contributed by atoms with Crippen molar-refractivity contribution in [2.24, 2.45) is 0 Å². The highest BCUT2D eigenvalue weighted by Gasteiger charge is 2.25. The maximum atomic E-state index is 12.4. The minimum Gasteiger partial charge on any atom is -0.469 e. The second kappa shape index (κ2) is 7.59. The quantitative estimate of drug-likeness (QED) is 0.638. The van der Waals surface area contributed by atoms with E-state index in [1.165, 1.54) is 0 Å². The Kier molecular flexibility index (Phi) is 5.25. The van der Waals surface area contributed by atoms with Gasteiger partial charge in [0.15, 0.2) is 0 Å². The first-order chi connectivity index (χ1) is 12.5. The molecule has 3 aromatic rings. The van der Waals surface area contributed by atoms with Crippen molar-refractivity contribution in [2.75, 3.05) is 11.9 Å². The lowest BCUT2D eigenvalue weighted by Crippen LogP contribution is -2.18. The van der Waals surface area contributed by atoms with E-state index < -0.39 is 5.97 Å². The van der Waals surface area contributed by atoms with Gasteiger partial charge < -0.3 is 18.9 Å². The van der Waals surface area contributed by atoms with Crippen molar-refractivity contribution in [1.29, 1.82) is 0 Å². The first-order valence-corrected chi connectivity index (χ1v) is 8.73. The van der Waals surface area contributed by atoms with E-state index >= 15 is 0 Å². The summed E-state index contributed by atoms with van der Waals surface area (Å²) < 4.78 is 16.2. The molecule has 1 N–H and O–H groups in total. The fourth-order valence-corrected chi connectivity index (χ4v) is 2.89. The lowest BCUT2D eigenvalue weighted by molar-refractivity contribution is 0.0526. The van der Waals surface area contributed by atoms with Crippen molar-refractivity contribution in [3.63, 3.8) is 0 Å². The van der Waals surface area contributed by atoms with Crippen molar-refractivity contribution in [1.82, 2.24) is 9.97 Å². The van der Waals surface area contributed by atoms with Gasteiger partial charge in [-0.15, -0.1) is 0 Å². The number of anilines is 1. The number of rotatable bonds is 7. The van der Waals surface area contributed by atoms with Gasteiger partial charge >= 0.3 is 5.97 Å². The number of carbonyl (C=O) groups is 1. The Bertz CT molecular complexity index is 899. The predicted molar refractivity (Wildman–Crippen MR) is 97.3 cm³/mol. The molecule has 1 atom stereocenters. The summed E-state index contributed by atoms with van der Waals surface area (Å²) in [5, 5.41) is 3.94. The lowest BCUT2D eigenvalue weighted by atomic mass is 10.1. The van der Waals surface area contributed by atoms with E-state index in [9.17, 15) is 4.79 Å². The SMILES string of the molecule is CCOC(=O)c1c(C)oc2nc(C)nc(N[C@H](C)CCc3ccco3)c12. The van der Waals surface area contributed by atoms with Crippen LogP contribution in [0.15, 0.2) is 27.2 Å². The molecule has 0 radical (unpaired) electrons. The monoisotopic (exact) mass is 357 g/mol. The second-order valence-electron chi connectivity index (χ2n) is 6.22. The van der Waals surface area contributed by atoms with Crippen molar-refractivity contribution in [2.45, 2.75) is 46.6 Å². The molecule has 3 aromatic heterocycles. The molecule has 0 aliphatic carbocycles. The smallest absolute Gasteiger partial charge is 0.342 e. The van der Waals surface area contributed by atoms with E-state index in [4.69, 9.17) is 13.6 Å². The summed E-state index contributed by atoms with van der Waals surface area (Å²) in [6.45, 7) is 7.64. The van der Waals surface area contributed by atoms with Crippen LogP contribution in [-0.4, -0.2) is 28.6 Å².